The molecule has 5 heteroatoms. The summed E-state index contributed by atoms with van der Waals surface area (Å²) in [7, 11) is 0. The Morgan fingerprint density at radius 3 is 2.38 bits per heavy atom. The van der Waals surface area contributed by atoms with Crippen LogP contribution in [0.25, 0.3) is 10.9 Å². The molecule has 1 aromatic heterocycles. The van der Waals surface area contributed by atoms with Crippen molar-refractivity contribution in [1.29, 1.82) is 0 Å². The number of benzene rings is 2. The summed E-state index contributed by atoms with van der Waals surface area (Å²) in [6, 6.07) is 14.8. The molecule has 0 fully saturated rings. The molecule has 0 aliphatic heterocycles. The Labute approximate surface area is 121 Å². The second-order valence-electron chi connectivity index (χ2n) is 4.80. The number of carbonyl (C=O) groups is 1. The second kappa shape index (κ2) is 5.38. The number of fused-ring (bicyclic) bond motifs is 1. The minimum atomic E-state index is -1.03. The molecule has 21 heavy (non-hydrogen) atoms. The Balaban J connectivity index is 2.01. The molecule has 3 aromatic rings. The van der Waals surface area contributed by atoms with Crippen LogP contribution in [-0.2, 0) is 13.2 Å². The molecular formula is C16H14N2O3. The Morgan fingerprint density at radius 2 is 1.71 bits per heavy atom. The van der Waals surface area contributed by atoms with Gasteiger partial charge in [0.2, 0.25) is 0 Å². The predicted octanol–water partition coefficient (Wildman–Crippen LogP) is 2.28. The van der Waals surface area contributed by atoms with Gasteiger partial charge < -0.3 is 10.2 Å². The lowest BCUT2D eigenvalue weighted by Gasteiger charge is -2.04. The fourth-order valence-corrected chi connectivity index (χ4v) is 2.33. The zero-order chi connectivity index (χ0) is 14.8. The number of para-hydroxylation sites is 1. The molecule has 106 valence electrons. The summed E-state index contributed by atoms with van der Waals surface area (Å²) >= 11 is 0. The number of aliphatic hydroxyl groups is 1. The highest BCUT2D eigenvalue weighted by Crippen LogP contribution is 2.19. The number of rotatable bonds is 4. The van der Waals surface area contributed by atoms with E-state index in [1.54, 1.807) is 16.8 Å². The summed E-state index contributed by atoms with van der Waals surface area (Å²) < 4.78 is 1.69. The fourth-order valence-electron chi connectivity index (χ4n) is 2.33. The van der Waals surface area contributed by atoms with Crippen molar-refractivity contribution in [1.82, 2.24) is 9.78 Å². The van der Waals surface area contributed by atoms with Gasteiger partial charge in [0.15, 0.2) is 5.69 Å². The van der Waals surface area contributed by atoms with Crippen LogP contribution in [0.5, 0.6) is 0 Å². The van der Waals surface area contributed by atoms with Crippen molar-refractivity contribution >= 4 is 16.9 Å². The van der Waals surface area contributed by atoms with Gasteiger partial charge in [0, 0.05) is 5.39 Å². The highest BCUT2D eigenvalue weighted by molar-refractivity contribution is 6.01. The quantitative estimate of drug-likeness (QED) is 0.769. The van der Waals surface area contributed by atoms with Gasteiger partial charge in [-0.25, -0.2) is 4.79 Å². The third-order valence-electron chi connectivity index (χ3n) is 3.40. The van der Waals surface area contributed by atoms with E-state index < -0.39 is 5.97 Å². The first kappa shape index (κ1) is 13.3. The standard InChI is InChI=1S/C16H14N2O3/c19-10-12-7-5-11(6-8-12)9-18-14-4-2-1-3-13(14)15(17-18)16(20)21/h1-8,19H,9-10H2,(H,20,21). The number of hydrogen-bond donors (Lipinski definition) is 2. The van der Waals surface area contributed by atoms with E-state index in [0.717, 1.165) is 16.6 Å². The lowest BCUT2D eigenvalue weighted by atomic mass is 10.1. The van der Waals surface area contributed by atoms with E-state index in [1.165, 1.54) is 0 Å². The van der Waals surface area contributed by atoms with Gasteiger partial charge in [0.25, 0.3) is 0 Å². The maximum absolute atomic E-state index is 11.3. The number of carboxylic acids is 1. The second-order valence-corrected chi connectivity index (χ2v) is 4.80. The predicted molar refractivity (Wildman–Crippen MR) is 78.2 cm³/mol. The van der Waals surface area contributed by atoms with Crippen LogP contribution in [0, 0.1) is 0 Å². The molecule has 0 saturated carbocycles. The van der Waals surface area contributed by atoms with Gasteiger partial charge >= 0.3 is 5.97 Å². The van der Waals surface area contributed by atoms with Crippen molar-refractivity contribution in [2.75, 3.05) is 0 Å². The average molecular weight is 282 g/mol. The molecule has 0 atom stereocenters. The van der Waals surface area contributed by atoms with Gasteiger partial charge in [-0.2, -0.15) is 5.10 Å². The molecule has 0 bridgehead atoms. The van der Waals surface area contributed by atoms with Crippen molar-refractivity contribution in [3.05, 3.63) is 65.4 Å². The molecule has 0 radical (unpaired) electrons. The number of nitrogens with zero attached hydrogens (tertiary/aromatic N) is 2. The van der Waals surface area contributed by atoms with E-state index in [9.17, 15) is 9.90 Å². The Bertz CT molecular complexity index is 791. The molecule has 1 heterocycles. The van der Waals surface area contributed by atoms with E-state index >= 15 is 0 Å². The summed E-state index contributed by atoms with van der Waals surface area (Å²) in [6.45, 7) is 0.494. The topological polar surface area (TPSA) is 75.3 Å². The van der Waals surface area contributed by atoms with E-state index in [-0.39, 0.29) is 12.3 Å². The van der Waals surface area contributed by atoms with Crippen LogP contribution in [0.2, 0.25) is 0 Å². The van der Waals surface area contributed by atoms with E-state index in [1.807, 2.05) is 36.4 Å². The van der Waals surface area contributed by atoms with Gasteiger partial charge in [0.1, 0.15) is 0 Å². The first-order valence-corrected chi connectivity index (χ1v) is 6.56. The molecule has 0 amide bonds. The Kier molecular flexibility index (Phi) is 3.41. The van der Waals surface area contributed by atoms with Gasteiger partial charge in [-0.05, 0) is 17.2 Å². The van der Waals surface area contributed by atoms with Gasteiger partial charge in [-0.15, -0.1) is 0 Å². The summed E-state index contributed by atoms with van der Waals surface area (Å²) in [5.41, 5.74) is 2.70. The molecule has 2 aromatic carbocycles. The number of carboxylic acid groups (broad SMARTS) is 1. The summed E-state index contributed by atoms with van der Waals surface area (Å²) in [5.74, 6) is -1.03. The lowest BCUT2D eigenvalue weighted by Crippen LogP contribution is -2.04. The van der Waals surface area contributed by atoms with E-state index in [0.29, 0.717) is 11.9 Å². The van der Waals surface area contributed by atoms with Crippen molar-refractivity contribution in [3.63, 3.8) is 0 Å². The number of aromatic nitrogens is 2. The van der Waals surface area contributed by atoms with Gasteiger partial charge in [-0.1, -0.05) is 42.5 Å². The highest BCUT2D eigenvalue weighted by atomic mass is 16.4. The number of hydrogen-bond acceptors (Lipinski definition) is 3. The molecule has 0 unspecified atom stereocenters. The van der Waals surface area contributed by atoms with Crippen LogP contribution in [0.1, 0.15) is 21.6 Å². The zero-order valence-electron chi connectivity index (χ0n) is 11.2. The van der Waals surface area contributed by atoms with Crippen molar-refractivity contribution in [3.8, 4) is 0 Å². The van der Waals surface area contributed by atoms with E-state index in [2.05, 4.69) is 5.10 Å². The SMILES string of the molecule is O=C(O)c1nn(Cc2ccc(CO)cc2)c2ccccc12. The van der Waals surface area contributed by atoms with Crippen molar-refractivity contribution in [2.45, 2.75) is 13.2 Å². The Hall–Kier alpha value is -2.66. The van der Waals surface area contributed by atoms with Crippen LogP contribution in [-0.4, -0.2) is 26.0 Å². The minimum Gasteiger partial charge on any atom is -0.476 e. The van der Waals surface area contributed by atoms with Crippen molar-refractivity contribution < 1.29 is 15.0 Å². The van der Waals surface area contributed by atoms with Crippen LogP contribution >= 0.6 is 0 Å². The van der Waals surface area contributed by atoms with Crippen LogP contribution in [0.15, 0.2) is 48.5 Å². The zero-order valence-corrected chi connectivity index (χ0v) is 11.2. The summed E-state index contributed by atoms with van der Waals surface area (Å²) in [4.78, 5) is 11.3. The summed E-state index contributed by atoms with van der Waals surface area (Å²) in [6.07, 6.45) is 0. The fraction of sp³-hybridized carbons (Fsp3) is 0.125. The number of aliphatic hydroxyl groups excluding tert-OH is 1. The molecule has 3 rings (SSSR count). The molecule has 0 aliphatic rings. The largest absolute Gasteiger partial charge is 0.476 e. The smallest absolute Gasteiger partial charge is 0.357 e. The van der Waals surface area contributed by atoms with Gasteiger partial charge in [-0.3, -0.25) is 4.68 Å². The third kappa shape index (κ3) is 2.51. The van der Waals surface area contributed by atoms with E-state index in [4.69, 9.17) is 5.11 Å². The normalized spacial score (nSPS) is 10.9. The van der Waals surface area contributed by atoms with Crippen LogP contribution in [0.3, 0.4) is 0 Å². The van der Waals surface area contributed by atoms with Crippen molar-refractivity contribution in [2.24, 2.45) is 0 Å². The first-order chi connectivity index (χ1) is 10.2. The molecule has 0 saturated heterocycles. The van der Waals surface area contributed by atoms with Crippen LogP contribution in [0.4, 0.5) is 0 Å². The third-order valence-corrected chi connectivity index (χ3v) is 3.40. The molecule has 2 N–H and O–H groups in total. The van der Waals surface area contributed by atoms with Crippen LogP contribution < -0.4 is 0 Å². The molecule has 0 spiro atoms. The summed E-state index contributed by atoms with van der Waals surface area (Å²) in [5, 5.41) is 23.1. The monoisotopic (exact) mass is 282 g/mol. The minimum absolute atomic E-state index is 0.00808. The molecule has 0 aliphatic carbocycles. The average Bonchev–Trinajstić information content (AvgIpc) is 2.87. The molecular weight excluding hydrogens is 268 g/mol. The highest BCUT2D eigenvalue weighted by Gasteiger charge is 2.15. The Morgan fingerprint density at radius 1 is 1.05 bits per heavy atom. The number of aromatic carboxylic acids is 1. The first-order valence-electron chi connectivity index (χ1n) is 6.56. The van der Waals surface area contributed by atoms with Gasteiger partial charge in [0.05, 0.1) is 18.7 Å². The lowest BCUT2D eigenvalue weighted by molar-refractivity contribution is 0.0691. The molecule has 5 nitrogen and oxygen atoms in total. The maximum atomic E-state index is 11.3. The maximum Gasteiger partial charge on any atom is 0.357 e.